The molecule has 102 valence electrons. The van der Waals surface area contributed by atoms with Crippen molar-refractivity contribution in [3.05, 3.63) is 23.8 Å². The van der Waals surface area contributed by atoms with Gasteiger partial charge in [0.1, 0.15) is 0 Å². The van der Waals surface area contributed by atoms with Crippen molar-refractivity contribution in [2.45, 2.75) is 37.3 Å². The Hall–Kier alpha value is -1.49. The summed E-state index contributed by atoms with van der Waals surface area (Å²) in [6, 6.07) is 5.75. The van der Waals surface area contributed by atoms with E-state index in [1.807, 2.05) is 25.1 Å². The number of aliphatic carboxylic acids is 1. The quantitative estimate of drug-likeness (QED) is 0.893. The summed E-state index contributed by atoms with van der Waals surface area (Å²) in [5.41, 5.74) is 0.890. The number of nitrogens with one attached hydrogen (secondary N) is 1. The first-order valence-corrected chi connectivity index (χ1v) is 7.01. The third-order valence-electron chi connectivity index (χ3n) is 3.20. The van der Waals surface area contributed by atoms with Crippen LogP contribution < -0.4 is 5.32 Å². The number of carboxylic acid groups (broad SMARTS) is 1. The number of carbonyl (C=O) groups excluding carboxylic acids is 1. The molecule has 0 aromatic heterocycles. The zero-order chi connectivity index (χ0) is 14.2. The van der Waals surface area contributed by atoms with E-state index in [1.54, 1.807) is 13.8 Å². The van der Waals surface area contributed by atoms with Crippen molar-refractivity contribution in [3.8, 4) is 0 Å². The van der Waals surface area contributed by atoms with Crippen LogP contribution in [0.15, 0.2) is 23.1 Å². The molecule has 0 spiro atoms. The van der Waals surface area contributed by atoms with Gasteiger partial charge in [-0.1, -0.05) is 6.07 Å². The van der Waals surface area contributed by atoms with Crippen LogP contribution in [0.5, 0.6) is 0 Å². The lowest BCUT2D eigenvalue weighted by atomic mass is 9.86. The summed E-state index contributed by atoms with van der Waals surface area (Å²) < 4.78 is 0. The molecule has 1 atom stereocenters. The van der Waals surface area contributed by atoms with E-state index in [1.165, 1.54) is 11.8 Å². The molecule has 1 aromatic carbocycles. The molecule has 1 heterocycles. The molecule has 2 rings (SSSR count). The molecule has 1 amide bonds. The molecule has 0 saturated heterocycles. The third kappa shape index (κ3) is 2.92. The third-order valence-corrected chi connectivity index (χ3v) is 4.38. The molecule has 0 fully saturated rings. The van der Waals surface area contributed by atoms with Gasteiger partial charge in [-0.05, 0) is 44.9 Å². The second-order valence-corrected chi connectivity index (χ2v) is 6.83. The molecule has 0 bridgehead atoms. The zero-order valence-corrected chi connectivity index (χ0v) is 12.0. The van der Waals surface area contributed by atoms with E-state index < -0.39 is 11.4 Å². The lowest BCUT2D eigenvalue weighted by Gasteiger charge is -2.24. The molecule has 2 N–H and O–H groups in total. The number of carboxylic acids is 1. The average molecular weight is 279 g/mol. The van der Waals surface area contributed by atoms with Crippen molar-refractivity contribution in [1.29, 1.82) is 0 Å². The zero-order valence-electron chi connectivity index (χ0n) is 11.2. The van der Waals surface area contributed by atoms with Crippen LogP contribution in [-0.2, 0) is 16.0 Å². The highest BCUT2D eigenvalue weighted by molar-refractivity contribution is 8.00. The Kier molecular flexibility index (Phi) is 3.58. The van der Waals surface area contributed by atoms with Crippen molar-refractivity contribution in [1.82, 2.24) is 0 Å². The van der Waals surface area contributed by atoms with Crippen molar-refractivity contribution in [2.75, 3.05) is 5.32 Å². The van der Waals surface area contributed by atoms with Crippen LogP contribution in [0.2, 0.25) is 0 Å². The van der Waals surface area contributed by atoms with E-state index >= 15 is 0 Å². The summed E-state index contributed by atoms with van der Waals surface area (Å²) in [5.74, 6) is -0.829. The molecule has 5 heteroatoms. The fraction of sp³-hybridized carbons (Fsp3) is 0.429. The van der Waals surface area contributed by atoms with E-state index in [2.05, 4.69) is 5.32 Å². The maximum atomic E-state index is 11.6. The predicted octanol–water partition coefficient (Wildman–Crippen LogP) is 2.77. The maximum Gasteiger partial charge on any atom is 0.309 e. The normalized spacial score (nSPS) is 18.7. The Morgan fingerprint density at radius 3 is 2.79 bits per heavy atom. The molecule has 0 radical (unpaired) electrons. The van der Waals surface area contributed by atoms with Gasteiger partial charge in [-0.15, -0.1) is 11.8 Å². The Morgan fingerprint density at radius 2 is 2.16 bits per heavy atom. The van der Waals surface area contributed by atoms with Gasteiger partial charge in [0, 0.05) is 4.90 Å². The van der Waals surface area contributed by atoms with Gasteiger partial charge in [0.25, 0.3) is 0 Å². The first-order valence-electron chi connectivity index (χ1n) is 6.13. The number of benzene rings is 1. The highest BCUT2D eigenvalue weighted by Gasteiger charge is 2.28. The summed E-state index contributed by atoms with van der Waals surface area (Å²) in [7, 11) is 0. The van der Waals surface area contributed by atoms with Crippen LogP contribution in [-0.4, -0.2) is 22.2 Å². The van der Waals surface area contributed by atoms with E-state index in [4.69, 9.17) is 5.11 Å². The largest absolute Gasteiger partial charge is 0.481 e. The smallest absolute Gasteiger partial charge is 0.309 e. The van der Waals surface area contributed by atoms with Gasteiger partial charge in [-0.2, -0.15) is 0 Å². The van der Waals surface area contributed by atoms with Crippen LogP contribution >= 0.6 is 11.8 Å². The highest BCUT2D eigenvalue weighted by atomic mass is 32.2. The monoisotopic (exact) mass is 279 g/mol. The molecule has 4 nitrogen and oxygen atoms in total. The lowest BCUT2D eigenvalue weighted by Crippen LogP contribution is -2.28. The van der Waals surface area contributed by atoms with Gasteiger partial charge >= 0.3 is 5.97 Å². The molecule has 0 saturated carbocycles. The fourth-order valence-electron chi connectivity index (χ4n) is 1.95. The van der Waals surface area contributed by atoms with Gasteiger partial charge in [0.2, 0.25) is 5.91 Å². The molecule has 1 aromatic rings. The van der Waals surface area contributed by atoms with Crippen LogP contribution in [0.1, 0.15) is 26.3 Å². The first-order chi connectivity index (χ1) is 8.79. The molecule has 19 heavy (non-hydrogen) atoms. The topological polar surface area (TPSA) is 66.4 Å². The molecule has 1 unspecified atom stereocenters. The Labute approximate surface area is 116 Å². The van der Waals surface area contributed by atoms with Gasteiger partial charge in [-0.3, -0.25) is 9.59 Å². The van der Waals surface area contributed by atoms with Crippen LogP contribution in [0.3, 0.4) is 0 Å². The van der Waals surface area contributed by atoms with E-state index in [-0.39, 0.29) is 11.2 Å². The number of rotatable bonds is 3. The summed E-state index contributed by atoms with van der Waals surface area (Å²) in [5, 5.41) is 11.9. The highest BCUT2D eigenvalue weighted by Crippen LogP contribution is 2.36. The number of amides is 1. The van der Waals surface area contributed by atoms with E-state index in [0.29, 0.717) is 6.42 Å². The van der Waals surface area contributed by atoms with Gasteiger partial charge < -0.3 is 10.4 Å². The Bertz CT molecular complexity index is 539. The number of carbonyl (C=O) groups is 2. The minimum atomic E-state index is -0.822. The van der Waals surface area contributed by atoms with Crippen molar-refractivity contribution in [3.63, 3.8) is 0 Å². The molecular weight excluding hydrogens is 262 g/mol. The molecule has 1 aliphatic heterocycles. The maximum absolute atomic E-state index is 11.6. The number of fused-ring (bicyclic) bond motifs is 1. The van der Waals surface area contributed by atoms with Crippen molar-refractivity contribution < 1.29 is 14.7 Å². The predicted molar refractivity (Wildman–Crippen MR) is 75.5 cm³/mol. The van der Waals surface area contributed by atoms with E-state index in [9.17, 15) is 9.59 Å². The Balaban J connectivity index is 2.25. The van der Waals surface area contributed by atoms with Crippen molar-refractivity contribution in [2.24, 2.45) is 5.41 Å². The van der Waals surface area contributed by atoms with Gasteiger partial charge in [0.15, 0.2) is 0 Å². The molecular formula is C14H17NO3S. The molecule has 1 aliphatic rings. The van der Waals surface area contributed by atoms with E-state index in [0.717, 1.165) is 16.1 Å². The summed E-state index contributed by atoms with van der Waals surface area (Å²) in [4.78, 5) is 23.8. The van der Waals surface area contributed by atoms with Crippen LogP contribution in [0.4, 0.5) is 5.69 Å². The fourth-order valence-corrected chi connectivity index (χ4v) is 2.88. The number of anilines is 1. The number of hydrogen-bond donors (Lipinski definition) is 2. The second kappa shape index (κ2) is 4.89. The standard InChI is InChI=1S/C14H17NO3S/c1-8-12(16)15-10-6-9(4-5-11(10)19-8)7-14(2,3)13(17)18/h4-6,8H,7H2,1-3H3,(H,15,16)(H,17,18). The number of thioether (sulfide) groups is 1. The summed E-state index contributed by atoms with van der Waals surface area (Å²) >= 11 is 1.52. The van der Waals surface area contributed by atoms with Crippen LogP contribution in [0.25, 0.3) is 0 Å². The minimum Gasteiger partial charge on any atom is -0.481 e. The SMILES string of the molecule is CC1Sc2ccc(CC(C)(C)C(=O)O)cc2NC1=O. The minimum absolute atomic E-state index is 0.00727. The molecule has 0 aliphatic carbocycles. The lowest BCUT2D eigenvalue weighted by molar-refractivity contribution is -0.146. The van der Waals surface area contributed by atoms with Crippen molar-refractivity contribution >= 4 is 29.3 Å². The van der Waals surface area contributed by atoms with Crippen LogP contribution in [0, 0.1) is 5.41 Å². The van der Waals surface area contributed by atoms with Gasteiger partial charge in [0.05, 0.1) is 16.4 Å². The summed E-state index contributed by atoms with van der Waals surface area (Å²) in [6.07, 6.45) is 0.436. The summed E-state index contributed by atoms with van der Waals surface area (Å²) in [6.45, 7) is 5.26. The second-order valence-electron chi connectivity index (χ2n) is 5.45. The first kappa shape index (κ1) is 13.9. The van der Waals surface area contributed by atoms with Gasteiger partial charge in [-0.25, -0.2) is 0 Å². The average Bonchev–Trinajstić information content (AvgIpc) is 2.30. The number of hydrogen-bond acceptors (Lipinski definition) is 3. The Morgan fingerprint density at radius 1 is 1.47 bits per heavy atom.